The van der Waals surface area contributed by atoms with Gasteiger partial charge in [-0.1, -0.05) is 66.7 Å². The van der Waals surface area contributed by atoms with Gasteiger partial charge in [0.2, 0.25) is 5.88 Å². The maximum atomic E-state index is 6.50. The molecule has 7 nitrogen and oxygen atoms in total. The molecule has 0 bridgehead atoms. The summed E-state index contributed by atoms with van der Waals surface area (Å²) in [6.07, 6.45) is 1.65. The van der Waals surface area contributed by atoms with Crippen LogP contribution in [0.15, 0.2) is 91.3 Å². The van der Waals surface area contributed by atoms with Gasteiger partial charge in [0.15, 0.2) is 11.5 Å². The van der Waals surface area contributed by atoms with Crippen molar-refractivity contribution in [2.24, 2.45) is 0 Å². The molecule has 7 rings (SSSR count). The summed E-state index contributed by atoms with van der Waals surface area (Å²) in [4.78, 5) is 9.58. The molecular formula is C31H24N4O3. The maximum Gasteiger partial charge on any atom is 0.228 e. The van der Waals surface area contributed by atoms with E-state index < -0.39 is 0 Å². The van der Waals surface area contributed by atoms with Crippen molar-refractivity contribution in [1.82, 2.24) is 19.6 Å². The lowest BCUT2D eigenvalue weighted by Gasteiger charge is -2.28. The van der Waals surface area contributed by atoms with E-state index in [1.54, 1.807) is 18.0 Å². The largest absolute Gasteiger partial charge is 0.497 e. The Bertz CT molecular complexity index is 1810. The fourth-order valence-corrected chi connectivity index (χ4v) is 5.16. The second-order valence-electron chi connectivity index (χ2n) is 9.33. The predicted molar refractivity (Wildman–Crippen MR) is 144 cm³/mol. The molecule has 1 aliphatic heterocycles. The molecule has 0 amide bonds. The number of methoxy groups -OCH3 is 1. The number of benzene rings is 4. The van der Waals surface area contributed by atoms with Crippen molar-refractivity contribution in [2.45, 2.75) is 19.4 Å². The molecule has 4 aromatic carbocycles. The molecular weight excluding hydrogens is 476 g/mol. The second-order valence-corrected chi connectivity index (χ2v) is 9.33. The molecule has 2 aromatic heterocycles. The summed E-state index contributed by atoms with van der Waals surface area (Å²) in [5.74, 6) is 3.37. The topological polar surface area (TPSA) is 70.8 Å². The van der Waals surface area contributed by atoms with Crippen molar-refractivity contribution in [3.8, 4) is 23.1 Å². The van der Waals surface area contributed by atoms with Gasteiger partial charge >= 0.3 is 0 Å². The Balaban J connectivity index is 1.38. The smallest absolute Gasteiger partial charge is 0.228 e. The van der Waals surface area contributed by atoms with Gasteiger partial charge in [-0.25, -0.2) is 14.5 Å². The van der Waals surface area contributed by atoms with Crippen LogP contribution in [0.3, 0.4) is 0 Å². The van der Waals surface area contributed by atoms with Gasteiger partial charge in [-0.15, -0.1) is 5.10 Å². The Hall–Kier alpha value is -4.91. The fraction of sp³-hybridized carbons (Fsp3) is 0.129. The van der Waals surface area contributed by atoms with Crippen LogP contribution in [-0.2, 0) is 6.61 Å². The highest BCUT2D eigenvalue weighted by Gasteiger charge is 2.34. The van der Waals surface area contributed by atoms with E-state index in [2.05, 4.69) is 46.5 Å². The van der Waals surface area contributed by atoms with Crippen LogP contribution in [0.2, 0.25) is 0 Å². The summed E-state index contributed by atoms with van der Waals surface area (Å²) in [5.41, 5.74) is 4.76. The Morgan fingerprint density at radius 3 is 2.58 bits per heavy atom. The minimum atomic E-state index is -0.158. The van der Waals surface area contributed by atoms with Gasteiger partial charge in [0.05, 0.1) is 12.7 Å². The van der Waals surface area contributed by atoms with E-state index in [0.29, 0.717) is 17.4 Å². The first-order valence-corrected chi connectivity index (χ1v) is 12.5. The molecule has 0 unspecified atom stereocenters. The normalized spacial score (nSPS) is 14.1. The van der Waals surface area contributed by atoms with Crippen molar-refractivity contribution in [1.29, 1.82) is 0 Å². The predicted octanol–water partition coefficient (Wildman–Crippen LogP) is 6.46. The van der Waals surface area contributed by atoms with Gasteiger partial charge < -0.3 is 14.2 Å². The number of ether oxygens (including phenoxy) is 3. The van der Waals surface area contributed by atoms with Crippen LogP contribution in [0.5, 0.6) is 23.1 Å². The average Bonchev–Trinajstić information content (AvgIpc) is 3.39. The average molecular weight is 501 g/mol. The lowest BCUT2D eigenvalue weighted by molar-refractivity contribution is 0.294. The van der Waals surface area contributed by atoms with Gasteiger partial charge in [0.25, 0.3) is 0 Å². The molecule has 3 heterocycles. The third-order valence-corrected chi connectivity index (χ3v) is 7.04. The summed E-state index contributed by atoms with van der Waals surface area (Å²) < 4.78 is 19.7. The molecule has 0 N–H and O–H groups in total. The van der Waals surface area contributed by atoms with Crippen LogP contribution >= 0.6 is 0 Å². The number of fused-ring (bicyclic) bond motifs is 6. The molecule has 7 heteroatoms. The molecule has 1 aliphatic rings. The molecule has 0 aliphatic carbocycles. The Labute approximate surface area is 219 Å². The van der Waals surface area contributed by atoms with E-state index in [1.165, 1.54) is 0 Å². The monoisotopic (exact) mass is 500 g/mol. The summed E-state index contributed by atoms with van der Waals surface area (Å²) in [6, 6.07) is 28.5. The standard InChI is InChI=1S/C31H24N4O3/c1-19-7-3-6-10-25(19)37-17-26-33-30-28-27(21-11-14-22(36-2)15-12-21)24-16-13-20-8-4-5-9-23(20)29(24)38-31(28)32-18-35(30)34-26/h3-16,18,27H,17H2,1-2H3/t27-/m1/s1. The van der Waals surface area contributed by atoms with Crippen LogP contribution < -0.4 is 14.2 Å². The molecule has 0 saturated heterocycles. The zero-order valence-electron chi connectivity index (χ0n) is 21.0. The summed E-state index contributed by atoms with van der Waals surface area (Å²) >= 11 is 0. The summed E-state index contributed by atoms with van der Waals surface area (Å²) in [6.45, 7) is 2.27. The molecule has 38 heavy (non-hydrogen) atoms. The van der Waals surface area contributed by atoms with E-state index in [9.17, 15) is 0 Å². The molecule has 6 aromatic rings. The minimum Gasteiger partial charge on any atom is -0.497 e. The van der Waals surface area contributed by atoms with E-state index in [1.807, 2.05) is 55.5 Å². The lowest BCUT2D eigenvalue weighted by Crippen LogP contribution is -2.15. The van der Waals surface area contributed by atoms with Crippen molar-refractivity contribution in [2.75, 3.05) is 7.11 Å². The number of rotatable bonds is 5. The van der Waals surface area contributed by atoms with Gasteiger partial charge in [-0.3, -0.25) is 0 Å². The first-order valence-electron chi connectivity index (χ1n) is 12.5. The molecule has 0 fully saturated rings. The van der Waals surface area contributed by atoms with Crippen molar-refractivity contribution < 1.29 is 14.2 Å². The van der Waals surface area contributed by atoms with E-state index in [-0.39, 0.29) is 12.5 Å². The van der Waals surface area contributed by atoms with Gasteiger partial charge in [0, 0.05) is 16.9 Å². The minimum absolute atomic E-state index is 0.158. The number of hydrogen-bond donors (Lipinski definition) is 0. The van der Waals surface area contributed by atoms with Crippen LogP contribution in [0.4, 0.5) is 0 Å². The van der Waals surface area contributed by atoms with Crippen molar-refractivity contribution in [3.05, 3.63) is 119 Å². The second kappa shape index (κ2) is 8.88. The Kier molecular flexibility index (Phi) is 5.21. The van der Waals surface area contributed by atoms with Crippen LogP contribution in [-0.4, -0.2) is 26.7 Å². The van der Waals surface area contributed by atoms with E-state index >= 15 is 0 Å². The van der Waals surface area contributed by atoms with E-state index in [0.717, 1.165) is 50.3 Å². The molecule has 186 valence electrons. The number of para-hydroxylation sites is 1. The fourth-order valence-electron chi connectivity index (χ4n) is 5.16. The van der Waals surface area contributed by atoms with Gasteiger partial charge in [-0.2, -0.15) is 0 Å². The third kappa shape index (κ3) is 3.63. The Morgan fingerprint density at radius 2 is 1.74 bits per heavy atom. The number of hydrogen-bond acceptors (Lipinski definition) is 6. The molecule has 0 spiro atoms. The number of aromatic nitrogens is 4. The van der Waals surface area contributed by atoms with Gasteiger partial charge in [0.1, 0.15) is 30.2 Å². The maximum absolute atomic E-state index is 6.50. The molecule has 0 radical (unpaired) electrons. The highest BCUT2D eigenvalue weighted by molar-refractivity contribution is 5.91. The lowest BCUT2D eigenvalue weighted by atomic mass is 9.83. The number of aryl methyl sites for hydroxylation is 1. The third-order valence-electron chi connectivity index (χ3n) is 7.04. The summed E-state index contributed by atoms with van der Waals surface area (Å²) in [5, 5.41) is 6.83. The van der Waals surface area contributed by atoms with Crippen molar-refractivity contribution in [3.63, 3.8) is 0 Å². The van der Waals surface area contributed by atoms with Crippen LogP contribution in [0.1, 0.15) is 34.0 Å². The van der Waals surface area contributed by atoms with Gasteiger partial charge in [-0.05, 0) is 41.6 Å². The highest BCUT2D eigenvalue weighted by Crippen LogP contribution is 2.50. The van der Waals surface area contributed by atoms with Crippen LogP contribution in [0.25, 0.3) is 16.4 Å². The first kappa shape index (κ1) is 22.3. The zero-order chi connectivity index (χ0) is 25.6. The molecule has 1 atom stereocenters. The van der Waals surface area contributed by atoms with Crippen LogP contribution in [0, 0.1) is 6.92 Å². The highest BCUT2D eigenvalue weighted by atomic mass is 16.5. The quantitative estimate of drug-likeness (QED) is 0.270. The SMILES string of the molecule is COc1ccc([C@@H]2c3ccc4ccccc4c3Oc3ncn4nc(COc5ccccc5C)nc4c32)cc1. The van der Waals surface area contributed by atoms with E-state index in [4.69, 9.17) is 19.2 Å². The number of nitrogens with zero attached hydrogens (tertiary/aromatic N) is 4. The zero-order valence-corrected chi connectivity index (χ0v) is 21.0. The summed E-state index contributed by atoms with van der Waals surface area (Å²) in [7, 11) is 1.67. The van der Waals surface area contributed by atoms with Crippen molar-refractivity contribution >= 4 is 16.4 Å². The molecule has 0 saturated carbocycles. The first-order chi connectivity index (χ1) is 18.7. The Morgan fingerprint density at radius 1 is 0.921 bits per heavy atom.